The van der Waals surface area contributed by atoms with Crippen molar-refractivity contribution in [3.63, 3.8) is 0 Å². The summed E-state index contributed by atoms with van der Waals surface area (Å²) in [7, 11) is 3.22. The van der Waals surface area contributed by atoms with Crippen LogP contribution in [-0.2, 0) is 119 Å². The van der Waals surface area contributed by atoms with E-state index in [9.17, 15) is 19.2 Å². The lowest BCUT2D eigenvalue weighted by Gasteiger charge is -2.31. The molecular weight excluding hydrogens is 1320 g/mol. The van der Waals surface area contributed by atoms with Crippen molar-refractivity contribution in [2.75, 3.05) is 278 Å². The van der Waals surface area contributed by atoms with Crippen LogP contribution in [0.2, 0.25) is 0 Å². The molecule has 0 aliphatic heterocycles. The Labute approximate surface area is 600 Å². The van der Waals surface area contributed by atoms with Crippen LogP contribution < -0.4 is 20.1 Å². The minimum Gasteiger partial charge on any atom is -0.497 e. The zero-order chi connectivity index (χ0) is 73.0. The van der Waals surface area contributed by atoms with Crippen LogP contribution in [0.15, 0.2) is 54.6 Å². The van der Waals surface area contributed by atoms with Gasteiger partial charge in [-0.05, 0) is 56.9 Å². The predicted octanol–water partition coefficient (Wildman–Crippen LogP) is 5.53. The summed E-state index contributed by atoms with van der Waals surface area (Å²) in [6, 6.07) is 15.9. The van der Waals surface area contributed by atoms with Gasteiger partial charge < -0.3 is 120 Å². The number of ether oxygens (including phenoxy) is 23. The Morgan fingerprint density at radius 2 is 0.713 bits per heavy atom. The topological polar surface area (TPSA) is 305 Å². The number of para-hydroxylation sites is 1. The van der Waals surface area contributed by atoms with Crippen molar-refractivity contribution >= 4 is 23.8 Å². The van der Waals surface area contributed by atoms with Crippen LogP contribution in [0.5, 0.6) is 11.5 Å². The lowest BCUT2D eigenvalue weighted by atomic mass is 9.76. The SMILES string of the molecule is CCC(C)C(=O)NCCOC(OCCNC(=O)C(CC(C)C(=O)Oc1ccccc1)CC(C)(CC)C(=O)OCCOCCOCCOCCOCCOCCOCCOCCOCCOCCOCCOCCOCCOCCOCCOCCOCCOCCOC)c1ccc(OC)cc1. The summed E-state index contributed by atoms with van der Waals surface area (Å²) in [6.45, 7) is 25.6. The van der Waals surface area contributed by atoms with E-state index in [1.807, 2.05) is 39.0 Å². The monoisotopic (exact) mass is 1450 g/mol. The van der Waals surface area contributed by atoms with E-state index in [1.165, 1.54) is 0 Å². The van der Waals surface area contributed by atoms with E-state index in [2.05, 4.69) is 10.6 Å². The summed E-state index contributed by atoms with van der Waals surface area (Å²) in [5.74, 6) is -1.95. The first kappa shape index (κ1) is 92.4. The number of nitrogens with one attached hydrogen (secondary N) is 2. The highest BCUT2D eigenvalue weighted by atomic mass is 16.7. The highest BCUT2D eigenvalue weighted by molar-refractivity contribution is 5.82. The lowest BCUT2D eigenvalue weighted by Crippen LogP contribution is -2.40. The van der Waals surface area contributed by atoms with E-state index in [-0.39, 0.29) is 76.7 Å². The van der Waals surface area contributed by atoms with Crippen LogP contribution >= 0.6 is 0 Å². The Morgan fingerprint density at radius 3 is 1.03 bits per heavy atom. The second kappa shape index (κ2) is 67.2. The number of hydrogen-bond acceptors (Lipinski definition) is 27. The number of rotatable bonds is 75. The largest absolute Gasteiger partial charge is 0.497 e. The van der Waals surface area contributed by atoms with Gasteiger partial charge in [0.25, 0.3) is 0 Å². The fourth-order valence-corrected chi connectivity index (χ4v) is 8.74. The Balaban J connectivity index is 1.42. The van der Waals surface area contributed by atoms with Gasteiger partial charge in [0.2, 0.25) is 11.8 Å². The van der Waals surface area contributed by atoms with Crippen molar-refractivity contribution in [2.45, 2.75) is 66.6 Å². The number of benzene rings is 2. The van der Waals surface area contributed by atoms with Gasteiger partial charge in [-0.3, -0.25) is 19.2 Å². The first-order valence-electron chi connectivity index (χ1n) is 35.6. The number of carbonyl (C=O) groups excluding carboxylic acids is 4. The van der Waals surface area contributed by atoms with E-state index in [0.29, 0.717) is 242 Å². The number of esters is 2. The number of amides is 2. The molecule has 584 valence electrons. The minimum atomic E-state index is -1.07. The van der Waals surface area contributed by atoms with Gasteiger partial charge in [-0.2, -0.15) is 0 Å². The van der Waals surface area contributed by atoms with Gasteiger partial charge in [0.15, 0.2) is 6.29 Å². The van der Waals surface area contributed by atoms with Crippen LogP contribution in [-0.4, -0.2) is 302 Å². The van der Waals surface area contributed by atoms with E-state index in [1.54, 1.807) is 64.5 Å². The number of carbonyl (C=O) groups is 4. The molecule has 29 heteroatoms. The Hall–Kier alpha value is -4.68. The second-order valence-electron chi connectivity index (χ2n) is 23.0. The van der Waals surface area contributed by atoms with Crippen molar-refractivity contribution < 1.29 is 128 Å². The maximum atomic E-state index is 14.0. The molecule has 0 aliphatic rings. The average Bonchev–Trinajstić information content (AvgIpc) is 0.841. The molecule has 29 nitrogen and oxygen atoms in total. The first-order valence-corrected chi connectivity index (χ1v) is 35.6. The van der Waals surface area contributed by atoms with Gasteiger partial charge in [0.1, 0.15) is 18.1 Å². The van der Waals surface area contributed by atoms with Crippen LogP contribution in [0.3, 0.4) is 0 Å². The molecule has 5 atom stereocenters. The minimum absolute atomic E-state index is 0.00241. The quantitative estimate of drug-likeness (QED) is 0.0356. The van der Waals surface area contributed by atoms with E-state index in [0.717, 1.165) is 6.42 Å². The fourth-order valence-electron chi connectivity index (χ4n) is 8.74. The molecule has 0 saturated heterocycles. The van der Waals surface area contributed by atoms with Crippen LogP contribution in [0.25, 0.3) is 0 Å². The highest BCUT2D eigenvalue weighted by Gasteiger charge is 2.39. The molecule has 2 aromatic rings. The Bertz CT molecular complexity index is 2210. The molecule has 101 heavy (non-hydrogen) atoms. The maximum Gasteiger partial charge on any atom is 0.314 e. The van der Waals surface area contributed by atoms with Crippen LogP contribution in [0.4, 0.5) is 0 Å². The second-order valence-corrected chi connectivity index (χ2v) is 23.0. The maximum absolute atomic E-state index is 14.0. The average molecular weight is 1450 g/mol. The van der Waals surface area contributed by atoms with Crippen LogP contribution in [0, 0.1) is 23.2 Å². The molecule has 0 bridgehead atoms. The standard InChI is InChI=1S/C72H124N2O27/c1-8-61(3)67(75)73-19-21-98-70(63-15-17-65(80-7)18-16-63)99-22-20-74-68(76)64(59-62(4)69(77)101-66-13-11-10-12-14-66)60-72(5,9-2)71(78)100-58-57-97-56-55-96-54-53-95-52-51-94-50-49-93-48-47-92-46-45-91-44-43-90-42-41-89-40-39-88-38-37-87-36-35-86-34-33-85-32-31-84-30-29-83-28-27-82-26-25-81-24-23-79-6/h10-18,61-62,64,70H,8-9,19-60H2,1-7H3,(H,73,75)(H,74,76). The predicted molar refractivity (Wildman–Crippen MR) is 372 cm³/mol. The molecule has 2 N–H and O–H groups in total. The molecule has 0 aliphatic carbocycles. The van der Waals surface area contributed by atoms with Crippen LogP contribution in [0.1, 0.15) is 72.2 Å². The van der Waals surface area contributed by atoms with Crippen molar-refractivity contribution in [2.24, 2.45) is 23.2 Å². The van der Waals surface area contributed by atoms with Gasteiger partial charge in [-0.1, -0.05) is 58.0 Å². The van der Waals surface area contributed by atoms with Gasteiger partial charge in [-0.25, -0.2) is 0 Å². The lowest BCUT2D eigenvalue weighted by molar-refractivity contribution is -0.158. The van der Waals surface area contributed by atoms with E-state index < -0.39 is 35.5 Å². The zero-order valence-electron chi connectivity index (χ0n) is 61.6. The van der Waals surface area contributed by atoms with Gasteiger partial charge in [0, 0.05) is 37.6 Å². The summed E-state index contributed by atoms with van der Waals surface area (Å²) in [4.78, 5) is 53.4. The van der Waals surface area contributed by atoms with Gasteiger partial charge in [0.05, 0.1) is 263 Å². The Morgan fingerprint density at radius 1 is 0.386 bits per heavy atom. The highest BCUT2D eigenvalue weighted by Crippen LogP contribution is 2.35. The van der Waals surface area contributed by atoms with Crippen molar-refractivity contribution in [3.05, 3.63) is 60.2 Å². The third-order valence-electron chi connectivity index (χ3n) is 15.0. The molecule has 0 spiro atoms. The van der Waals surface area contributed by atoms with E-state index in [4.69, 9.17) is 109 Å². The van der Waals surface area contributed by atoms with Crippen molar-refractivity contribution in [3.8, 4) is 11.5 Å². The molecule has 0 saturated carbocycles. The summed E-state index contributed by atoms with van der Waals surface area (Å²) in [5, 5.41) is 5.83. The third kappa shape index (κ3) is 52.9. The summed E-state index contributed by atoms with van der Waals surface area (Å²) in [5.41, 5.74) is -0.360. The molecule has 0 fully saturated rings. The van der Waals surface area contributed by atoms with Gasteiger partial charge >= 0.3 is 11.9 Å². The molecule has 2 amide bonds. The number of hydrogen-bond donors (Lipinski definition) is 2. The van der Waals surface area contributed by atoms with Crippen molar-refractivity contribution in [1.29, 1.82) is 0 Å². The number of methoxy groups -OCH3 is 2. The molecule has 2 aromatic carbocycles. The summed E-state index contributed by atoms with van der Waals surface area (Å²) in [6.07, 6.45) is 0.479. The molecule has 2 rings (SSSR count). The molecular formula is C72H124N2O27. The normalized spacial score (nSPS) is 13.3. The molecule has 0 heterocycles. The Kier molecular flexibility index (Phi) is 61.5. The third-order valence-corrected chi connectivity index (χ3v) is 15.0. The zero-order valence-corrected chi connectivity index (χ0v) is 61.6. The smallest absolute Gasteiger partial charge is 0.314 e. The molecule has 0 aromatic heterocycles. The molecule has 0 radical (unpaired) electrons. The first-order chi connectivity index (χ1) is 49.5. The van der Waals surface area contributed by atoms with Gasteiger partial charge in [-0.15, -0.1) is 0 Å². The van der Waals surface area contributed by atoms with E-state index >= 15 is 0 Å². The summed E-state index contributed by atoms with van der Waals surface area (Å²) < 4.78 is 128. The molecule has 5 unspecified atom stereocenters. The van der Waals surface area contributed by atoms with Crippen molar-refractivity contribution in [1.82, 2.24) is 10.6 Å². The summed E-state index contributed by atoms with van der Waals surface area (Å²) >= 11 is 0. The fraction of sp³-hybridized carbons (Fsp3) is 0.778.